The molecule has 1 aliphatic rings. The first-order chi connectivity index (χ1) is 8.08. The SMILES string of the molecule is Cc1cccc(NC(=S)NC(=O)C2CC2)c1C. The first-order valence-corrected chi connectivity index (χ1v) is 6.17. The van der Waals surface area contributed by atoms with Gasteiger partial charge in [-0.1, -0.05) is 12.1 Å². The van der Waals surface area contributed by atoms with Crippen molar-refractivity contribution in [3.05, 3.63) is 29.3 Å². The van der Waals surface area contributed by atoms with Gasteiger partial charge in [-0.15, -0.1) is 0 Å². The summed E-state index contributed by atoms with van der Waals surface area (Å²) in [4.78, 5) is 11.5. The average molecular weight is 248 g/mol. The van der Waals surface area contributed by atoms with Crippen LogP contribution in [0.15, 0.2) is 18.2 Å². The summed E-state index contributed by atoms with van der Waals surface area (Å²) in [7, 11) is 0. The lowest BCUT2D eigenvalue weighted by Crippen LogP contribution is -2.35. The number of anilines is 1. The van der Waals surface area contributed by atoms with Crippen molar-refractivity contribution in [1.29, 1.82) is 0 Å². The zero-order valence-electron chi connectivity index (χ0n) is 10.0. The molecule has 1 aromatic rings. The summed E-state index contributed by atoms with van der Waals surface area (Å²) in [5, 5.41) is 6.17. The third kappa shape index (κ3) is 3.03. The zero-order chi connectivity index (χ0) is 12.4. The second-order valence-electron chi connectivity index (χ2n) is 4.47. The standard InChI is InChI=1S/C13H16N2OS/c1-8-4-3-5-11(9(8)2)14-13(17)15-12(16)10-6-7-10/h3-5,10H,6-7H2,1-2H3,(H2,14,15,16,17). The van der Waals surface area contributed by atoms with Gasteiger partial charge in [0.15, 0.2) is 5.11 Å². The zero-order valence-corrected chi connectivity index (χ0v) is 10.9. The van der Waals surface area contributed by atoms with Gasteiger partial charge in [0.25, 0.3) is 0 Å². The van der Waals surface area contributed by atoms with Crippen LogP contribution in [-0.4, -0.2) is 11.0 Å². The van der Waals surface area contributed by atoms with Crippen LogP contribution in [0.4, 0.5) is 5.69 Å². The maximum atomic E-state index is 11.5. The van der Waals surface area contributed by atoms with E-state index in [2.05, 4.69) is 10.6 Å². The Kier molecular flexibility index (Phi) is 3.43. The fraction of sp³-hybridized carbons (Fsp3) is 0.385. The minimum absolute atomic E-state index is 0.0350. The second kappa shape index (κ2) is 4.84. The lowest BCUT2D eigenvalue weighted by atomic mass is 10.1. The van der Waals surface area contributed by atoms with Crippen molar-refractivity contribution in [2.75, 3.05) is 5.32 Å². The molecule has 0 atom stereocenters. The summed E-state index contributed by atoms with van der Waals surface area (Å²) in [6.07, 6.45) is 1.97. The molecule has 1 aliphatic carbocycles. The molecular weight excluding hydrogens is 232 g/mol. The second-order valence-corrected chi connectivity index (χ2v) is 4.87. The van der Waals surface area contributed by atoms with Crippen molar-refractivity contribution in [2.24, 2.45) is 5.92 Å². The van der Waals surface area contributed by atoms with Crippen LogP contribution in [0.3, 0.4) is 0 Å². The third-order valence-electron chi connectivity index (χ3n) is 3.04. The van der Waals surface area contributed by atoms with E-state index in [1.54, 1.807) is 0 Å². The number of carbonyl (C=O) groups is 1. The number of hydrogen-bond donors (Lipinski definition) is 2. The highest BCUT2D eigenvalue weighted by atomic mass is 32.1. The molecule has 3 nitrogen and oxygen atoms in total. The molecule has 0 aromatic heterocycles. The maximum Gasteiger partial charge on any atom is 0.229 e. The number of carbonyl (C=O) groups excluding carboxylic acids is 1. The quantitative estimate of drug-likeness (QED) is 0.790. The summed E-state index contributed by atoms with van der Waals surface area (Å²) in [5.74, 6) is 0.209. The van der Waals surface area contributed by atoms with Gasteiger partial charge in [-0.2, -0.15) is 0 Å². The van der Waals surface area contributed by atoms with Gasteiger partial charge in [0, 0.05) is 11.6 Å². The van der Waals surface area contributed by atoms with Crippen molar-refractivity contribution >= 4 is 28.9 Å². The topological polar surface area (TPSA) is 41.1 Å². The highest BCUT2D eigenvalue weighted by Gasteiger charge is 2.30. The van der Waals surface area contributed by atoms with Crippen LogP contribution in [0.2, 0.25) is 0 Å². The van der Waals surface area contributed by atoms with Gasteiger partial charge in [0.2, 0.25) is 5.91 Å². The highest BCUT2D eigenvalue weighted by Crippen LogP contribution is 2.28. The van der Waals surface area contributed by atoms with E-state index < -0.39 is 0 Å². The molecule has 0 spiro atoms. The van der Waals surface area contributed by atoms with Crippen LogP contribution < -0.4 is 10.6 Å². The van der Waals surface area contributed by atoms with Gasteiger partial charge < -0.3 is 10.6 Å². The minimum Gasteiger partial charge on any atom is -0.332 e. The Balaban J connectivity index is 1.97. The van der Waals surface area contributed by atoms with Crippen LogP contribution in [0.25, 0.3) is 0 Å². The van der Waals surface area contributed by atoms with E-state index >= 15 is 0 Å². The van der Waals surface area contributed by atoms with E-state index in [-0.39, 0.29) is 11.8 Å². The van der Waals surface area contributed by atoms with E-state index in [0.29, 0.717) is 5.11 Å². The molecule has 17 heavy (non-hydrogen) atoms. The molecule has 0 radical (unpaired) electrons. The fourth-order valence-corrected chi connectivity index (χ4v) is 1.81. The van der Waals surface area contributed by atoms with Gasteiger partial charge in [-0.05, 0) is 56.1 Å². The van der Waals surface area contributed by atoms with Crippen LogP contribution in [0.5, 0.6) is 0 Å². The van der Waals surface area contributed by atoms with Gasteiger partial charge in [-0.25, -0.2) is 0 Å². The van der Waals surface area contributed by atoms with Gasteiger partial charge in [0.1, 0.15) is 0 Å². The number of aryl methyl sites for hydroxylation is 1. The largest absolute Gasteiger partial charge is 0.332 e. The summed E-state index contributed by atoms with van der Waals surface area (Å²) < 4.78 is 0. The Bertz CT molecular complexity index is 466. The highest BCUT2D eigenvalue weighted by molar-refractivity contribution is 7.80. The number of thiocarbonyl (C=S) groups is 1. The molecule has 1 amide bonds. The van der Waals surface area contributed by atoms with Crippen molar-refractivity contribution in [1.82, 2.24) is 5.32 Å². The van der Waals surface area contributed by atoms with E-state index in [0.717, 1.165) is 24.1 Å². The van der Waals surface area contributed by atoms with Crippen LogP contribution in [0.1, 0.15) is 24.0 Å². The Hall–Kier alpha value is -1.42. The summed E-state index contributed by atoms with van der Waals surface area (Å²) >= 11 is 5.12. The molecule has 0 unspecified atom stereocenters. The van der Waals surface area contributed by atoms with Crippen LogP contribution >= 0.6 is 12.2 Å². The van der Waals surface area contributed by atoms with Crippen molar-refractivity contribution in [3.63, 3.8) is 0 Å². The number of rotatable bonds is 2. The minimum atomic E-state index is 0.0350. The monoisotopic (exact) mass is 248 g/mol. The van der Waals surface area contributed by atoms with Crippen molar-refractivity contribution < 1.29 is 4.79 Å². The lowest BCUT2D eigenvalue weighted by Gasteiger charge is -2.12. The molecule has 1 fully saturated rings. The first kappa shape index (κ1) is 12.0. The molecule has 2 rings (SSSR count). The molecular formula is C13H16N2OS. The molecule has 2 N–H and O–H groups in total. The molecule has 0 saturated heterocycles. The number of benzene rings is 1. The number of nitrogens with one attached hydrogen (secondary N) is 2. The maximum absolute atomic E-state index is 11.5. The summed E-state index contributed by atoms with van der Waals surface area (Å²) in [6, 6.07) is 5.97. The van der Waals surface area contributed by atoms with Gasteiger partial charge in [0.05, 0.1) is 0 Å². The molecule has 1 aromatic carbocycles. The Labute approximate surface area is 107 Å². The van der Waals surface area contributed by atoms with E-state index in [1.165, 1.54) is 5.56 Å². The van der Waals surface area contributed by atoms with Crippen molar-refractivity contribution in [2.45, 2.75) is 26.7 Å². The van der Waals surface area contributed by atoms with Crippen LogP contribution in [-0.2, 0) is 4.79 Å². The van der Waals surface area contributed by atoms with Gasteiger partial charge in [-0.3, -0.25) is 4.79 Å². The molecule has 0 heterocycles. The van der Waals surface area contributed by atoms with E-state index in [9.17, 15) is 4.79 Å². The first-order valence-electron chi connectivity index (χ1n) is 5.76. The summed E-state index contributed by atoms with van der Waals surface area (Å²) in [6.45, 7) is 4.08. The Morgan fingerprint density at radius 2 is 2.06 bits per heavy atom. The normalized spacial score (nSPS) is 14.2. The third-order valence-corrected chi connectivity index (χ3v) is 3.24. The molecule has 1 saturated carbocycles. The van der Waals surface area contributed by atoms with E-state index in [1.807, 2.05) is 32.0 Å². The van der Waals surface area contributed by atoms with E-state index in [4.69, 9.17) is 12.2 Å². The Morgan fingerprint density at radius 3 is 2.71 bits per heavy atom. The average Bonchev–Trinajstić information content (AvgIpc) is 3.08. The number of amides is 1. The molecule has 0 aliphatic heterocycles. The molecule has 0 bridgehead atoms. The lowest BCUT2D eigenvalue weighted by molar-refractivity contribution is -0.120. The Morgan fingerprint density at radius 1 is 1.35 bits per heavy atom. The smallest absolute Gasteiger partial charge is 0.229 e. The van der Waals surface area contributed by atoms with Crippen molar-refractivity contribution in [3.8, 4) is 0 Å². The van der Waals surface area contributed by atoms with Gasteiger partial charge >= 0.3 is 0 Å². The predicted molar refractivity (Wildman–Crippen MR) is 73.0 cm³/mol. The predicted octanol–water partition coefficient (Wildman–Crippen LogP) is 2.53. The molecule has 90 valence electrons. The van der Waals surface area contributed by atoms with Crippen LogP contribution in [0, 0.1) is 19.8 Å². The fourth-order valence-electron chi connectivity index (χ4n) is 1.60. The molecule has 4 heteroatoms. The summed E-state index contributed by atoms with van der Waals surface area (Å²) in [5.41, 5.74) is 3.30. The number of hydrogen-bond acceptors (Lipinski definition) is 2.